The third kappa shape index (κ3) is 24.4. The fraction of sp³-hybridized carbons (Fsp3) is 0.739. The van der Waals surface area contributed by atoms with Crippen LogP contribution in [0.2, 0.25) is 0 Å². The van der Waals surface area contributed by atoms with E-state index in [0.29, 0.717) is 23.0 Å². The summed E-state index contributed by atoms with van der Waals surface area (Å²) in [6.07, 6.45) is 0.351. The minimum absolute atomic E-state index is 0.0121. The maximum atomic E-state index is 11.5. The maximum Gasteiger partial charge on any atom is 0.315 e. The molecule has 38 heavy (non-hydrogen) atoms. The molecule has 0 aliphatic heterocycles. The first-order valence-corrected chi connectivity index (χ1v) is 15.0. The predicted octanol–water partition coefficient (Wildman–Crippen LogP) is 1.04. The highest BCUT2D eigenvalue weighted by atomic mass is 32.2. The van der Waals surface area contributed by atoms with Gasteiger partial charge in [0.05, 0.1) is 36.4 Å². The van der Waals surface area contributed by atoms with Crippen molar-refractivity contribution in [3.8, 4) is 0 Å². The van der Waals surface area contributed by atoms with Gasteiger partial charge in [0.15, 0.2) is 6.79 Å². The first-order valence-electron chi connectivity index (χ1n) is 11.5. The Labute approximate surface area is 235 Å². The highest BCUT2D eigenvalue weighted by molar-refractivity contribution is 8.00. The number of hydrogen-bond donors (Lipinski definition) is 2. The molecule has 3 unspecified atom stereocenters. The summed E-state index contributed by atoms with van der Waals surface area (Å²) in [6, 6.07) is 0. The second-order valence-corrected chi connectivity index (χ2v) is 11.2. The minimum atomic E-state index is -1.07. The number of aliphatic carboxylic acids is 3. The van der Waals surface area contributed by atoms with E-state index in [9.17, 15) is 33.9 Å². The fourth-order valence-electron chi connectivity index (χ4n) is 1.88. The van der Waals surface area contributed by atoms with Gasteiger partial charge in [0, 0.05) is 48.4 Å². The third-order valence-corrected chi connectivity index (χ3v) is 7.93. The molecule has 0 spiro atoms. The average molecular weight is 602 g/mol. The largest absolute Gasteiger partial charge is 0.550 e. The van der Waals surface area contributed by atoms with E-state index < -0.39 is 41.6 Å². The van der Waals surface area contributed by atoms with Crippen LogP contribution in [0.5, 0.6) is 0 Å². The van der Waals surface area contributed by atoms with E-state index in [0.717, 1.165) is 0 Å². The van der Waals surface area contributed by atoms with Crippen molar-refractivity contribution in [2.75, 3.05) is 55.0 Å². The molecule has 0 heterocycles. The van der Waals surface area contributed by atoms with Crippen molar-refractivity contribution < 1.29 is 58.3 Å². The highest BCUT2D eigenvalue weighted by Gasteiger charge is 2.14. The molecule has 0 aromatic heterocycles. The normalized spacial score (nSPS) is 12.7. The Bertz CT molecular complexity index is 709. The number of ether oxygens (including phenoxy) is 3. The smallest absolute Gasteiger partial charge is 0.315 e. The van der Waals surface area contributed by atoms with Crippen LogP contribution >= 0.6 is 35.3 Å². The quantitative estimate of drug-likeness (QED) is 0.108. The van der Waals surface area contributed by atoms with Crippen molar-refractivity contribution in [1.82, 2.24) is 0 Å². The van der Waals surface area contributed by atoms with Crippen molar-refractivity contribution in [3.63, 3.8) is 0 Å². The maximum absolute atomic E-state index is 11.5. The Morgan fingerprint density at radius 1 is 0.737 bits per heavy atom. The molecule has 0 amide bonds. The molecule has 2 N–H and O–H groups in total. The number of carbonyl (C=O) groups is 6. The Morgan fingerprint density at radius 2 is 1.26 bits per heavy atom. The van der Waals surface area contributed by atoms with Crippen LogP contribution in [0.4, 0.5) is 0 Å². The second kappa shape index (κ2) is 24.1. The van der Waals surface area contributed by atoms with Gasteiger partial charge >= 0.3 is 23.9 Å². The summed E-state index contributed by atoms with van der Waals surface area (Å²) in [4.78, 5) is 65.4. The number of rotatable bonds is 21. The molecule has 12 nitrogen and oxygen atoms in total. The zero-order chi connectivity index (χ0) is 29.5. The van der Waals surface area contributed by atoms with Crippen LogP contribution in [-0.4, -0.2) is 101 Å². The molecule has 0 fully saturated rings. The van der Waals surface area contributed by atoms with Crippen molar-refractivity contribution in [2.24, 2.45) is 17.8 Å². The van der Waals surface area contributed by atoms with Gasteiger partial charge < -0.3 is 34.3 Å². The van der Waals surface area contributed by atoms with Crippen LogP contribution in [0.3, 0.4) is 0 Å². The summed E-state index contributed by atoms with van der Waals surface area (Å²) in [5.41, 5.74) is 0. The molecule has 15 heteroatoms. The van der Waals surface area contributed by atoms with Gasteiger partial charge in [-0.05, 0) is 0 Å². The molecule has 0 saturated heterocycles. The van der Waals surface area contributed by atoms with Crippen molar-refractivity contribution in [2.45, 2.75) is 33.6 Å². The molecular weight excluding hydrogens is 564 g/mol. The topological polar surface area (TPSA) is 194 Å². The molecule has 220 valence electrons. The van der Waals surface area contributed by atoms with Gasteiger partial charge in [-0.3, -0.25) is 24.0 Å². The van der Waals surface area contributed by atoms with Crippen LogP contribution in [0.25, 0.3) is 0 Å². The zero-order valence-electron chi connectivity index (χ0n) is 22.0. The molecule has 0 aromatic rings. The van der Waals surface area contributed by atoms with E-state index >= 15 is 0 Å². The molecule has 0 rings (SSSR count). The van der Waals surface area contributed by atoms with Gasteiger partial charge in [-0.15, -0.1) is 11.8 Å². The van der Waals surface area contributed by atoms with E-state index in [1.54, 1.807) is 20.8 Å². The van der Waals surface area contributed by atoms with Crippen LogP contribution in [-0.2, 0) is 43.0 Å². The Balaban J connectivity index is 0. The standard InChI is InChI=1S/C14H22O7S2.C9H16O5S/c1-9(13(17)18)5-22-7-11(15)3-4-21-12(16)8-23-6-10(2)14(19)20;1-7(9(11)12)5-15-4-3-8(10)14-6-13-2/h9-10H,3-8H2,1-2H3,(H,17,18)(H,19,20);7H,3-6H2,1-2H3,(H,11,12)/p-1. The van der Waals surface area contributed by atoms with E-state index in [1.165, 1.54) is 42.4 Å². The summed E-state index contributed by atoms with van der Waals surface area (Å²) in [6.45, 7) is 4.65. The minimum Gasteiger partial charge on any atom is -0.550 e. The third-order valence-electron chi connectivity index (χ3n) is 4.26. The number of ketones is 1. The average Bonchev–Trinajstić information content (AvgIpc) is 2.85. The van der Waals surface area contributed by atoms with Gasteiger partial charge in [-0.1, -0.05) is 20.8 Å². The summed E-state index contributed by atoms with van der Waals surface area (Å²) < 4.78 is 14.1. The first kappa shape index (κ1) is 38.2. The molecule has 0 radical (unpaired) electrons. The molecule has 0 aliphatic rings. The first-order chi connectivity index (χ1) is 17.8. The van der Waals surface area contributed by atoms with Crippen LogP contribution in [0.1, 0.15) is 33.6 Å². The van der Waals surface area contributed by atoms with E-state index in [4.69, 9.17) is 14.9 Å². The van der Waals surface area contributed by atoms with Crippen LogP contribution < -0.4 is 5.11 Å². The van der Waals surface area contributed by atoms with Crippen LogP contribution in [0.15, 0.2) is 0 Å². The summed E-state index contributed by atoms with van der Waals surface area (Å²) in [5, 5.41) is 27.7. The lowest BCUT2D eigenvalue weighted by Gasteiger charge is -2.11. The number of esters is 2. The summed E-state index contributed by atoms with van der Waals surface area (Å²) in [5.74, 6) is -3.41. The summed E-state index contributed by atoms with van der Waals surface area (Å²) in [7, 11) is 1.43. The number of carbonyl (C=O) groups excluding carboxylic acids is 4. The lowest BCUT2D eigenvalue weighted by molar-refractivity contribution is -0.310. The van der Waals surface area contributed by atoms with Crippen molar-refractivity contribution >= 4 is 70.9 Å². The Hall–Kier alpha value is -1.97. The van der Waals surface area contributed by atoms with Gasteiger partial charge in [-0.25, -0.2) is 0 Å². The number of methoxy groups -OCH3 is 1. The SMILES string of the molecule is CC(CSCC(=O)CCOC(=O)CSCC(C)C(=O)O)C(=O)O.COCOC(=O)CCSCC(C)C(=O)[O-]. The zero-order valence-corrected chi connectivity index (χ0v) is 24.5. The van der Waals surface area contributed by atoms with E-state index in [1.807, 2.05) is 0 Å². The van der Waals surface area contributed by atoms with Gasteiger partial charge in [0.25, 0.3) is 0 Å². The number of Topliss-reactive ketones (excluding diaryl/α,β-unsaturated/α-hetero) is 1. The molecule has 3 atom stereocenters. The molecule has 0 saturated carbocycles. The molecule has 0 aromatic carbocycles. The van der Waals surface area contributed by atoms with Crippen molar-refractivity contribution in [1.29, 1.82) is 0 Å². The van der Waals surface area contributed by atoms with Gasteiger partial charge in [0.2, 0.25) is 0 Å². The van der Waals surface area contributed by atoms with E-state index in [2.05, 4.69) is 9.47 Å². The number of carboxylic acids is 3. The predicted molar refractivity (Wildman–Crippen MR) is 143 cm³/mol. The summed E-state index contributed by atoms with van der Waals surface area (Å²) >= 11 is 3.81. The molecule has 0 bridgehead atoms. The fourth-order valence-corrected chi connectivity index (χ4v) is 4.70. The van der Waals surface area contributed by atoms with Gasteiger partial charge in [0.1, 0.15) is 5.78 Å². The number of thioether (sulfide) groups is 3. The molecule has 0 aliphatic carbocycles. The lowest BCUT2D eigenvalue weighted by atomic mass is 10.2. The second-order valence-electron chi connectivity index (χ2n) is 7.99. The van der Waals surface area contributed by atoms with Gasteiger partial charge in [-0.2, -0.15) is 23.5 Å². The molecular formula is C23H37O12S3-. The van der Waals surface area contributed by atoms with Crippen LogP contribution in [0, 0.1) is 17.8 Å². The Morgan fingerprint density at radius 3 is 1.76 bits per heavy atom. The van der Waals surface area contributed by atoms with Crippen molar-refractivity contribution in [3.05, 3.63) is 0 Å². The van der Waals surface area contributed by atoms with E-state index in [-0.39, 0.29) is 49.5 Å². The lowest BCUT2D eigenvalue weighted by Crippen LogP contribution is -2.30. The Kier molecular flexibility index (Phi) is 24.2. The number of carboxylic acid groups (broad SMARTS) is 3. The highest BCUT2D eigenvalue weighted by Crippen LogP contribution is 2.11. The number of hydrogen-bond acceptors (Lipinski definition) is 13. The monoisotopic (exact) mass is 601 g/mol.